The van der Waals surface area contributed by atoms with Gasteiger partial charge in [0.1, 0.15) is 0 Å². The van der Waals surface area contributed by atoms with E-state index in [9.17, 15) is 18.0 Å². The first-order valence-electron chi connectivity index (χ1n) is 8.80. The van der Waals surface area contributed by atoms with E-state index in [0.29, 0.717) is 18.8 Å². The molecule has 0 spiro atoms. The van der Waals surface area contributed by atoms with Crippen LogP contribution in [-0.4, -0.2) is 40.2 Å². The Labute approximate surface area is 154 Å². The molecule has 2 aromatic rings. The van der Waals surface area contributed by atoms with E-state index in [-0.39, 0.29) is 23.4 Å². The van der Waals surface area contributed by atoms with Crippen molar-refractivity contribution in [2.45, 2.75) is 44.9 Å². The lowest BCUT2D eigenvalue weighted by Gasteiger charge is -2.14. The molecular weight excluding hydrogens is 361 g/mol. The summed E-state index contributed by atoms with van der Waals surface area (Å²) >= 11 is 0. The maximum atomic E-state index is 13.0. The van der Waals surface area contributed by atoms with E-state index in [0.717, 1.165) is 25.0 Å². The molecule has 0 bridgehead atoms. The average molecular weight is 382 g/mol. The van der Waals surface area contributed by atoms with Crippen molar-refractivity contribution < 1.29 is 22.7 Å². The zero-order valence-electron chi connectivity index (χ0n) is 15.1. The zero-order chi connectivity index (χ0) is 19.6. The summed E-state index contributed by atoms with van der Waals surface area (Å²) in [5.74, 6) is -0.578. The van der Waals surface area contributed by atoms with Crippen LogP contribution >= 0.6 is 0 Å². The Balaban J connectivity index is 1.88. The van der Waals surface area contributed by atoms with Crippen molar-refractivity contribution in [3.8, 4) is 5.69 Å². The number of nitrogens with one attached hydrogen (secondary N) is 1. The van der Waals surface area contributed by atoms with Crippen LogP contribution in [-0.2, 0) is 10.9 Å². The number of ether oxygens (including phenoxy) is 1. The molecular formula is C18H21F3N4O2. The average Bonchev–Trinajstić information content (AvgIpc) is 3.28. The van der Waals surface area contributed by atoms with Gasteiger partial charge in [-0.3, -0.25) is 4.79 Å². The second-order valence-corrected chi connectivity index (χ2v) is 6.78. The lowest BCUT2D eigenvalue weighted by Crippen LogP contribution is -2.32. The van der Waals surface area contributed by atoms with Gasteiger partial charge in [0.05, 0.1) is 23.0 Å². The third kappa shape index (κ3) is 4.29. The molecule has 1 fully saturated rings. The second-order valence-electron chi connectivity index (χ2n) is 6.78. The molecule has 6 nitrogen and oxygen atoms in total. The molecule has 1 N–H and O–H groups in total. The summed E-state index contributed by atoms with van der Waals surface area (Å²) in [6.45, 7) is 4.72. The Kier molecular flexibility index (Phi) is 5.50. The number of amides is 1. The molecule has 3 rings (SSSR count). The van der Waals surface area contributed by atoms with Gasteiger partial charge >= 0.3 is 6.18 Å². The van der Waals surface area contributed by atoms with Crippen molar-refractivity contribution in [1.82, 2.24) is 20.3 Å². The van der Waals surface area contributed by atoms with E-state index < -0.39 is 17.6 Å². The minimum Gasteiger partial charge on any atom is -0.376 e. The molecule has 1 aromatic heterocycles. The zero-order valence-corrected chi connectivity index (χ0v) is 15.1. The van der Waals surface area contributed by atoms with Crippen molar-refractivity contribution >= 4 is 5.91 Å². The highest BCUT2D eigenvalue weighted by Crippen LogP contribution is 2.31. The number of carbonyl (C=O) groups excluding carboxylic acids is 1. The smallest absolute Gasteiger partial charge is 0.376 e. The van der Waals surface area contributed by atoms with E-state index in [1.807, 2.05) is 13.8 Å². The Bertz CT molecular complexity index is 811. The molecule has 1 amide bonds. The van der Waals surface area contributed by atoms with Crippen LogP contribution in [0.1, 0.15) is 54.4 Å². The molecule has 9 heteroatoms. The largest absolute Gasteiger partial charge is 0.416 e. The Morgan fingerprint density at radius 1 is 1.41 bits per heavy atom. The van der Waals surface area contributed by atoms with E-state index in [1.54, 1.807) is 0 Å². The highest BCUT2D eigenvalue weighted by molar-refractivity contribution is 5.93. The van der Waals surface area contributed by atoms with Crippen LogP contribution in [0.2, 0.25) is 0 Å². The van der Waals surface area contributed by atoms with E-state index in [2.05, 4.69) is 15.6 Å². The fourth-order valence-corrected chi connectivity index (χ4v) is 3.07. The molecule has 27 heavy (non-hydrogen) atoms. The monoisotopic (exact) mass is 382 g/mol. The van der Waals surface area contributed by atoms with Gasteiger partial charge in [0.15, 0.2) is 5.69 Å². The summed E-state index contributed by atoms with van der Waals surface area (Å²) in [6, 6.07) is 4.80. The molecule has 1 aliphatic heterocycles. The number of aromatic nitrogens is 3. The summed E-state index contributed by atoms with van der Waals surface area (Å²) in [7, 11) is 0. The summed E-state index contributed by atoms with van der Waals surface area (Å²) in [6.07, 6.45) is -2.64. The fourth-order valence-electron chi connectivity index (χ4n) is 3.07. The van der Waals surface area contributed by atoms with Gasteiger partial charge < -0.3 is 10.1 Å². The second kappa shape index (κ2) is 7.67. The van der Waals surface area contributed by atoms with Gasteiger partial charge in [-0.15, -0.1) is 5.10 Å². The number of hydrogen-bond donors (Lipinski definition) is 1. The molecule has 1 saturated heterocycles. The minimum absolute atomic E-state index is 0.0186. The van der Waals surface area contributed by atoms with Gasteiger partial charge in [-0.2, -0.15) is 13.2 Å². The molecule has 0 unspecified atom stereocenters. The third-order valence-electron chi connectivity index (χ3n) is 4.40. The SMILES string of the molecule is CC(C)c1c(C(=O)NC[C@@H]2CCCO2)nnn1-c1cccc(C(F)(F)F)c1. The van der Waals surface area contributed by atoms with Crippen LogP contribution < -0.4 is 5.32 Å². The van der Waals surface area contributed by atoms with Crippen molar-refractivity contribution in [3.63, 3.8) is 0 Å². The van der Waals surface area contributed by atoms with Crippen LogP contribution in [0.15, 0.2) is 24.3 Å². The predicted octanol–water partition coefficient (Wildman–Crippen LogP) is 3.32. The molecule has 1 atom stereocenters. The number of halogens is 3. The fraction of sp³-hybridized carbons (Fsp3) is 0.500. The normalized spacial score (nSPS) is 17.5. The first-order valence-corrected chi connectivity index (χ1v) is 8.80. The topological polar surface area (TPSA) is 69.0 Å². The first-order chi connectivity index (χ1) is 12.8. The molecule has 1 aromatic carbocycles. The molecule has 146 valence electrons. The van der Waals surface area contributed by atoms with Crippen molar-refractivity contribution in [3.05, 3.63) is 41.2 Å². The Morgan fingerprint density at radius 2 is 2.19 bits per heavy atom. The maximum absolute atomic E-state index is 13.0. The van der Waals surface area contributed by atoms with Gasteiger partial charge in [0.25, 0.3) is 5.91 Å². The number of carbonyl (C=O) groups is 1. The third-order valence-corrected chi connectivity index (χ3v) is 4.40. The minimum atomic E-state index is -4.46. The van der Waals surface area contributed by atoms with Crippen molar-refractivity contribution in [1.29, 1.82) is 0 Å². The summed E-state index contributed by atoms with van der Waals surface area (Å²) in [5, 5.41) is 10.6. The standard InChI is InChI=1S/C18H21F3N4O2/c1-11(2)16-15(17(26)22-10-14-7-4-8-27-14)23-24-25(16)13-6-3-5-12(9-13)18(19,20)21/h3,5-6,9,11,14H,4,7-8,10H2,1-2H3,(H,22,26)/t14-/m0/s1. The number of hydrogen-bond acceptors (Lipinski definition) is 4. The maximum Gasteiger partial charge on any atom is 0.416 e. The lowest BCUT2D eigenvalue weighted by molar-refractivity contribution is -0.137. The van der Waals surface area contributed by atoms with Crippen molar-refractivity contribution in [2.75, 3.05) is 13.2 Å². The van der Waals surface area contributed by atoms with Crippen LogP contribution in [0.5, 0.6) is 0 Å². The molecule has 2 heterocycles. The van der Waals surface area contributed by atoms with Gasteiger partial charge in [-0.05, 0) is 37.0 Å². The summed E-state index contributed by atoms with van der Waals surface area (Å²) < 4.78 is 45.8. The Hall–Kier alpha value is -2.42. The molecule has 0 aliphatic carbocycles. The van der Waals surface area contributed by atoms with Crippen LogP contribution in [0.3, 0.4) is 0 Å². The van der Waals surface area contributed by atoms with Gasteiger partial charge in [-0.1, -0.05) is 25.1 Å². The summed E-state index contributed by atoms with van der Waals surface area (Å²) in [4.78, 5) is 12.5. The van der Waals surface area contributed by atoms with Crippen LogP contribution in [0, 0.1) is 0 Å². The van der Waals surface area contributed by atoms with Crippen molar-refractivity contribution in [2.24, 2.45) is 0 Å². The Morgan fingerprint density at radius 3 is 2.81 bits per heavy atom. The summed E-state index contributed by atoms with van der Waals surface area (Å²) in [5.41, 5.74) is -0.00614. The first kappa shape index (κ1) is 19.3. The van der Waals surface area contributed by atoms with Gasteiger partial charge in [0, 0.05) is 13.2 Å². The highest BCUT2D eigenvalue weighted by Gasteiger charge is 2.31. The number of rotatable bonds is 5. The van der Waals surface area contributed by atoms with E-state index in [4.69, 9.17) is 4.74 Å². The van der Waals surface area contributed by atoms with Gasteiger partial charge in [-0.25, -0.2) is 4.68 Å². The highest BCUT2D eigenvalue weighted by atomic mass is 19.4. The number of alkyl halides is 3. The predicted molar refractivity (Wildman–Crippen MR) is 91.8 cm³/mol. The van der Waals surface area contributed by atoms with Gasteiger partial charge in [0.2, 0.25) is 0 Å². The molecule has 0 radical (unpaired) electrons. The van der Waals surface area contributed by atoms with E-state index in [1.165, 1.54) is 16.8 Å². The quantitative estimate of drug-likeness (QED) is 0.861. The lowest BCUT2D eigenvalue weighted by atomic mass is 10.1. The van der Waals surface area contributed by atoms with Crippen LogP contribution in [0.25, 0.3) is 5.69 Å². The van der Waals surface area contributed by atoms with Crippen LogP contribution in [0.4, 0.5) is 13.2 Å². The molecule has 1 aliphatic rings. The number of nitrogens with zero attached hydrogens (tertiary/aromatic N) is 3. The number of benzene rings is 1. The molecule has 0 saturated carbocycles. The van der Waals surface area contributed by atoms with E-state index >= 15 is 0 Å².